The lowest BCUT2D eigenvalue weighted by atomic mass is 10.3. The van der Waals surface area contributed by atoms with Gasteiger partial charge < -0.3 is 14.8 Å². The summed E-state index contributed by atoms with van der Waals surface area (Å²) in [5.41, 5.74) is 1.15. The first-order chi connectivity index (χ1) is 7.86. The molecular weight excluding hydrogens is 202 g/mol. The lowest BCUT2D eigenvalue weighted by Crippen LogP contribution is -2.04. The minimum atomic E-state index is 0.596. The molecule has 1 rings (SSSR count). The predicted molar refractivity (Wildman–Crippen MR) is 67.2 cm³/mol. The van der Waals surface area contributed by atoms with E-state index in [1.165, 1.54) is 12.8 Å². The lowest BCUT2D eigenvalue weighted by Gasteiger charge is -2.08. The molecule has 0 aliphatic heterocycles. The smallest absolute Gasteiger partial charge is 0.119 e. The third-order valence-electron chi connectivity index (χ3n) is 2.27. The van der Waals surface area contributed by atoms with E-state index in [0.717, 1.165) is 18.0 Å². The van der Waals surface area contributed by atoms with Crippen LogP contribution in [0.3, 0.4) is 0 Å². The van der Waals surface area contributed by atoms with Crippen molar-refractivity contribution < 1.29 is 9.47 Å². The molecule has 0 saturated heterocycles. The van der Waals surface area contributed by atoms with Gasteiger partial charge in [-0.2, -0.15) is 0 Å². The Morgan fingerprint density at radius 1 is 1.12 bits per heavy atom. The molecule has 0 unspecified atom stereocenters. The zero-order valence-electron chi connectivity index (χ0n) is 10.2. The number of rotatable bonds is 8. The van der Waals surface area contributed by atoms with Crippen molar-refractivity contribution in [2.24, 2.45) is 0 Å². The van der Waals surface area contributed by atoms with E-state index in [1.807, 2.05) is 24.3 Å². The molecular formula is C13H21NO2. The van der Waals surface area contributed by atoms with Gasteiger partial charge in [0.05, 0.1) is 6.61 Å². The van der Waals surface area contributed by atoms with Crippen LogP contribution in [-0.2, 0) is 4.74 Å². The normalized spacial score (nSPS) is 10.1. The molecule has 0 saturated carbocycles. The summed E-state index contributed by atoms with van der Waals surface area (Å²) in [5, 5.41) is 3.36. The standard InChI is InChI=1S/C13H21NO2/c1-3-4-9-14-12-5-7-13(8-6-12)16-11-10-15-2/h5-8,14H,3-4,9-11H2,1-2H3. The first-order valence-corrected chi connectivity index (χ1v) is 5.82. The van der Waals surface area contributed by atoms with Crippen LogP contribution in [0.15, 0.2) is 24.3 Å². The Bertz CT molecular complexity index is 243. The summed E-state index contributed by atoms with van der Waals surface area (Å²) in [4.78, 5) is 0. The van der Waals surface area contributed by atoms with Crippen LogP contribution in [0.5, 0.6) is 5.75 Å². The molecule has 0 atom stereocenters. The monoisotopic (exact) mass is 223 g/mol. The van der Waals surface area contributed by atoms with Crippen LogP contribution < -0.4 is 10.1 Å². The molecule has 0 radical (unpaired) electrons. The Kier molecular flexibility index (Phi) is 6.42. The fraction of sp³-hybridized carbons (Fsp3) is 0.538. The van der Waals surface area contributed by atoms with Gasteiger partial charge in [-0.25, -0.2) is 0 Å². The highest BCUT2D eigenvalue weighted by Crippen LogP contribution is 2.15. The van der Waals surface area contributed by atoms with Crippen molar-refractivity contribution in [1.82, 2.24) is 0 Å². The number of unbranched alkanes of at least 4 members (excludes halogenated alkanes) is 1. The maximum Gasteiger partial charge on any atom is 0.119 e. The first-order valence-electron chi connectivity index (χ1n) is 5.82. The highest BCUT2D eigenvalue weighted by atomic mass is 16.5. The summed E-state index contributed by atoms with van der Waals surface area (Å²) in [5.74, 6) is 0.887. The average Bonchev–Trinajstić information content (AvgIpc) is 2.32. The van der Waals surface area contributed by atoms with Crippen molar-refractivity contribution in [3.8, 4) is 5.75 Å². The molecule has 90 valence electrons. The molecule has 16 heavy (non-hydrogen) atoms. The zero-order chi connectivity index (χ0) is 11.6. The minimum absolute atomic E-state index is 0.596. The molecule has 0 aliphatic rings. The van der Waals surface area contributed by atoms with Gasteiger partial charge in [0.2, 0.25) is 0 Å². The fourth-order valence-corrected chi connectivity index (χ4v) is 1.32. The van der Waals surface area contributed by atoms with Crippen LogP contribution in [0.1, 0.15) is 19.8 Å². The molecule has 1 aromatic rings. The number of benzene rings is 1. The van der Waals surface area contributed by atoms with Gasteiger partial charge in [0.1, 0.15) is 12.4 Å². The van der Waals surface area contributed by atoms with E-state index >= 15 is 0 Å². The average molecular weight is 223 g/mol. The van der Waals surface area contributed by atoms with Gasteiger partial charge in [-0.05, 0) is 30.7 Å². The summed E-state index contributed by atoms with van der Waals surface area (Å²) in [6, 6.07) is 8.03. The highest BCUT2D eigenvalue weighted by molar-refractivity contribution is 5.46. The van der Waals surface area contributed by atoms with Crippen molar-refractivity contribution in [2.75, 3.05) is 32.2 Å². The maximum absolute atomic E-state index is 5.47. The van der Waals surface area contributed by atoms with Crippen LogP contribution in [0.2, 0.25) is 0 Å². The van der Waals surface area contributed by atoms with Crippen molar-refractivity contribution >= 4 is 5.69 Å². The Morgan fingerprint density at radius 3 is 2.50 bits per heavy atom. The summed E-state index contributed by atoms with van der Waals surface area (Å²) < 4.78 is 10.4. The molecule has 0 bridgehead atoms. The van der Waals surface area contributed by atoms with E-state index < -0.39 is 0 Å². The SMILES string of the molecule is CCCCNc1ccc(OCCOC)cc1. The molecule has 3 nitrogen and oxygen atoms in total. The number of ether oxygens (including phenoxy) is 2. The Morgan fingerprint density at radius 2 is 1.88 bits per heavy atom. The molecule has 0 fully saturated rings. The van der Waals surface area contributed by atoms with Crippen LogP contribution >= 0.6 is 0 Å². The molecule has 3 heteroatoms. The molecule has 1 N–H and O–H groups in total. The van der Waals surface area contributed by atoms with Crippen molar-refractivity contribution in [3.05, 3.63) is 24.3 Å². The van der Waals surface area contributed by atoms with Crippen LogP contribution in [-0.4, -0.2) is 26.9 Å². The van der Waals surface area contributed by atoms with Crippen LogP contribution in [0.4, 0.5) is 5.69 Å². The van der Waals surface area contributed by atoms with Crippen molar-refractivity contribution in [1.29, 1.82) is 0 Å². The van der Waals surface area contributed by atoms with Crippen LogP contribution in [0, 0.1) is 0 Å². The first kappa shape index (κ1) is 12.8. The Labute approximate surface area is 97.8 Å². The summed E-state index contributed by atoms with van der Waals surface area (Å²) in [6.45, 7) is 4.43. The lowest BCUT2D eigenvalue weighted by molar-refractivity contribution is 0.146. The Balaban J connectivity index is 2.30. The summed E-state index contributed by atoms with van der Waals surface area (Å²) in [7, 11) is 1.67. The largest absolute Gasteiger partial charge is 0.491 e. The van der Waals surface area contributed by atoms with Gasteiger partial charge in [0.25, 0.3) is 0 Å². The van der Waals surface area contributed by atoms with Gasteiger partial charge in [-0.3, -0.25) is 0 Å². The number of anilines is 1. The van der Waals surface area contributed by atoms with E-state index in [9.17, 15) is 0 Å². The minimum Gasteiger partial charge on any atom is -0.491 e. The maximum atomic E-state index is 5.47. The van der Waals surface area contributed by atoms with Gasteiger partial charge >= 0.3 is 0 Å². The topological polar surface area (TPSA) is 30.5 Å². The van der Waals surface area contributed by atoms with Gasteiger partial charge in [0.15, 0.2) is 0 Å². The number of nitrogens with one attached hydrogen (secondary N) is 1. The second-order valence-electron chi connectivity index (χ2n) is 3.65. The molecule has 0 amide bonds. The van der Waals surface area contributed by atoms with E-state index in [-0.39, 0.29) is 0 Å². The third kappa shape index (κ3) is 5.03. The predicted octanol–water partition coefficient (Wildman–Crippen LogP) is 2.92. The second-order valence-corrected chi connectivity index (χ2v) is 3.65. The van der Waals surface area contributed by atoms with Gasteiger partial charge in [-0.1, -0.05) is 13.3 Å². The molecule has 0 aromatic heterocycles. The summed E-state index contributed by atoms with van der Waals surface area (Å²) in [6.07, 6.45) is 2.41. The van der Waals surface area contributed by atoms with Crippen LogP contribution in [0.25, 0.3) is 0 Å². The quantitative estimate of drug-likeness (QED) is 0.687. The Hall–Kier alpha value is -1.22. The number of hydrogen-bond donors (Lipinski definition) is 1. The summed E-state index contributed by atoms with van der Waals surface area (Å²) >= 11 is 0. The molecule has 1 aromatic carbocycles. The molecule has 0 spiro atoms. The number of methoxy groups -OCH3 is 1. The van der Waals surface area contributed by atoms with E-state index in [2.05, 4.69) is 12.2 Å². The van der Waals surface area contributed by atoms with Gasteiger partial charge in [0, 0.05) is 19.3 Å². The zero-order valence-corrected chi connectivity index (χ0v) is 10.2. The van der Waals surface area contributed by atoms with Crippen molar-refractivity contribution in [3.63, 3.8) is 0 Å². The van der Waals surface area contributed by atoms with Gasteiger partial charge in [-0.15, -0.1) is 0 Å². The second kappa shape index (κ2) is 7.99. The van der Waals surface area contributed by atoms with Crippen molar-refractivity contribution in [2.45, 2.75) is 19.8 Å². The fourth-order valence-electron chi connectivity index (χ4n) is 1.32. The van der Waals surface area contributed by atoms with E-state index in [1.54, 1.807) is 7.11 Å². The van der Waals surface area contributed by atoms with E-state index in [0.29, 0.717) is 13.2 Å². The van der Waals surface area contributed by atoms with E-state index in [4.69, 9.17) is 9.47 Å². The molecule has 0 aliphatic carbocycles. The number of hydrogen-bond acceptors (Lipinski definition) is 3. The highest BCUT2D eigenvalue weighted by Gasteiger charge is 1.94. The molecule has 0 heterocycles. The third-order valence-corrected chi connectivity index (χ3v) is 2.27.